The molecule has 0 aliphatic carbocycles. The van der Waals surface area contributed by atoms with Crippen molar-refractivity contribution in [2.24, 2.45) is 0 Å². The molecule has 13 heavy (non-hydrogen) atoms. The van der Waals surface area contributed by atoms with E-state index in [1.807, 2.05) is 12.2 Å². The van der Waals surface area contributed by atoms with E-state index in [1.54, 1.807) is 0 Å². The molecule has 0 nitrogen and oxygen atoms in total. The molecule has 0 bridgehead atoms. The standard InChI is InChI=1S/C13H16/c1-6-12-10(4)8-9(3)11(5)13(12)7-2/h6-8H,1-2H2,3-5H3. The molecule has 0 aromatic heterocycles. The van der Waals surface area contributed by atoms with E-state index in [1.165, 1.54) is 27.8 Å². The van der Waals surface area contributed by atoms with Crippen LogP contribution in [0.3, 0.4) is 0 Å². The van der Waals surface area contributed by atoms with E-state index >= 15 is 0 Å². The number of hydrogen-bond acceptors (Lipinski definition) is 0. The first-order chi connectivity index (χ1) is 6.11. The Balaban J connectivity index is 3.59. The molecule has 0 saturated carbocycles. The van der Waals surface area contributed by atoms with Crippen molar-refractivity contribution in [1.29, 1.82) is 0 Å². The van der Waals surface area contributed by atoms with E-state index < -0.39 is 0 Å². The highest BCUT2D eigenvalue weighted by molar-refractivity contribution is 5.70. The Kier molecular flexibility index (Phi) is 2.72. The van der Waals surface area contributed by atoms with Gasteiger partial charge in [0.2, 0.25) is 0 Å². The Morgan fingerprint density at radius 1 is 0.923 bits per heavy atom. The van der Waals surface area contributed by atoms with Crippen LogP contribution in [0.1, 0.15) is 27.8 Å². The molecule has 0 heterocycles. The molecule has 1 aromatic rings. The number of rotatable bonds is 2. The molecular formula is C13H16. The van der Waals surface area contributed by atoms with Crippen LogP contribution in [0.15, 0.2) is 19.2 Å². The summed E-state index contributed by atoms with van der Waals surface area (Å²) in [4.78, 5) is 0. The zero-order valence-electron chi connectivity index (χ0n) is 8.65. The molecule has 0 atom stereocenters. The Labute approximate surface area is 80.6 Å². The number of aryl methyl sites for hydroxylation is 2. The maximum absolute atomic E-state index is 3.83. The van der Waals surface area contributed by atoms with Crippen LogP contribution in [-0.4, -0.2) is 0 Å². The van der Waals surface area contributed by atoms with E-state index in [-0.39, 0.29) is 0 Å². The molecule has 1 rings (SSSR count). The van der Waals surface area contributed by atoms with Crippen molar-refractivity contribution in [3.63, 3.8) is 0 Å². The van der Waals surface area contributed by atoms with Gasteiger partial charge in [-0.15, -0.1) is 0 Å². The van der Waals surface area contributed by atoms with E-state index in [0.29, 0.717) is 0 Å². The van der Waals surface area contributed by atoms with Gasteiger partial charge in [0, 0.05) is 0 Å². The molecule has 0 spiro atoms. The van der Waals surface area contributed by atoms with Crippen molar-refractivity contribution < 1.29 is 0 Å². The normalized spacial score (nSPS) is 9.77. The highest BCUT2D eigenvalue weighted by atomic mass is 14.1. The summed E-state index contributed by atoms with van der Waals surface area (Å²) in [5.74, 6) is 0. The Hall–Kier alpha value is -1.30. The third-order valence-corrected chi connectivity index (χ3v) is 2.55. The minimum atomic E-state index is 1.21. The predicted octanol–water partition coefficient (Wildman–Crippen LogP) is 3.90. The molecule has 68 valence electrons. The van der Waals surface area contributed by atoms with Crippen LogP contribution in [0.5, 0.6) is 0 Å². The smallest absolute Gasteiger partial charge is 0.0156 e. The fourth-order valence-corrected chi connectivity index (χ4v) is 1.67. The average molecular weight is 172 g/mol. The fourth-order valence-electron chi connectivity index (χ4n) is 1.67. The van der Waals surface area contributed by atoms with E-state index in [0.717, 1.165) is 0 Å². The molecular weight excluding hydrogens is 156 g/mol. The topological polar surface area (TPSA) is 0 Å². The van der Waals surface area contributed by atoms with E-state index in [9.17, 15) is 0 Å². The first-order valence-corrected chi connectivity index (χ1v) is 4.47. The third kappa shape index (κ3) is 1.57. The first kappa shape index (κ1) is 9.79. The van der Waals surface area contributed by atoms with Gasteiger partial charge in [-0.05, 0) is 48.6 Å². The van der Waals surface area contributed by atoms with Gasteiger partial charge in [-0.3, -0.25) is 0 Å². The minimum absolute atomic E-state index is 1.21. The van der Waals surface area contributed by atoms with Gasteiger partial charge in [0.15, 0.2) is 0 Å². The summed E-state index contributed by atoms with van der Waals surface area (Å²) in [5.41, 5.74) is 6.31. The molecule has 0 aliphatic heterocycles. The van der Waals surface area contributed by atoms with Crippen LogP contribution in [-0.2, 0) is 0 Å². The molecule has 0 fully saturated rings. The van der Waals surface area contributed by atoms with Crippen molar-refractivity contribution in [2.75, 3.05) is 0 Å². The predicted molar refractivity (Wildman–Crippen MR) is 60.8 cm³/mol. The third-order valence-electron chi connectivity index (χ3n) is 2.55. The summed E-state index contributed by atoms with van der Waals surface area (Å²) in [7, 11) is 0. The Morgan fingerprint density at radius 2 is 1.46 bits per heavy atom. The van der Waals surface area contributed by atoms with Crippen LogP contribution >= 0.6 is 0 Å². The van der Waals surface area contributed by atoms with Crippen LogP contribution in [0.4, 0.5) is 0 Å². The second-order valence-electron chi connectivity index (χ2n) is 3.37. The van der Waals surface area contributed by atoms with Crippen molar-refractivity contribution >= 4 is 12.2 Å². The van der Waals surface area contributed by atoms with E-state index in [4.69, 9.17) is 0 Å². The molecule has 0 N–H and O–H groups in total. The second kappa shape index (κ2) is 3.61. The molecule has 0 saturated heterocycles. The van der Waals surface area contributed by atoms with Gasteiger partial charge in [-0.1, -0.05) is 31.4 Å². The van der Waals surface area contributed by atoms with Gasteiger partial charge in [0.25, 0.3) is 0 Å². The highest BCUT2D eigenvalue weighted by Crippen LogP contribution is 2.23. The van der Waals surface area contributed by atoms with Crippen LogP contribution in [0.25, 0.3) is 12.2 Å². The van der Waals surface area contributed by atoms with Gasteiger partial charge in [-0.25, -0.2) is 0 Å². The zero-order valence-corrected chi connectivity index (χ0v) is 8.65. The second-order valence-corrected chi connectivity index (χ2v) is 3.37. The molecule has 0 heteroatoms. The fraction of sp³-hybridized carbons (Fsp3) is 0.231. The zero-order chi connectivity index (χ0) is 10.0. The lowest BCUT2D eigenvalue weighted by Crippen LogP contribution is -1.93. The minimum Gasteiger partial charge on any atom is -0.0984 e. The largest absolute Gasteiger partial charge is 0.0984 e. The van der Waals surface area contributed by atoms with Crippen molar-refractivity contribution in [1.82, 2.24) is 0 Å². The van der Waals surface area contributed by atoms with Gasteiger partial charge in [0.1, 0.15) is 0 Å². The van der Waals surface area contributed by atoms with Crippen molar-refractivity contribution in [3.05, 3.63) is 47.0 Å². The SMILES string of the molecule is C=Cc1c(C)cc(C)c(C)c1C=C. The number of benzene rings is 1. The summed E-state index contributed by atoms with van der Waals surface area (Å²) < 4.78 is 0. The summed E-state index contributed by atoms with van der Waals surface area (Å²) in [6.45, 7) is 14.0. The molecule has 0 aliphatic rings. The summed E-state index contributed by atoms with van der Waals surface area (Å²) >= 11 is 0. The van der Waals surface area contributed by atoms with Gasteiger partial charge in [-0.2, -0.15) is 0 Å². The van der Waals surface area contributed by atoms with Crippen LogP contribution in [0.2, 0.25) is 0 Å². The van der Waals surface area contributed by atoms with Crippen molar-refractivity contribution in [2.45, 2.75) is 20.8 Å². The Bertz CT molecular complexity index is 357. The molecule has 0 radical (unpaired) electrons. The summed E-state index contributed by atoms with van der Waals surface area (Å²) in [6.07, 6.45) is 3.81. The lowest BCUT2D eigenvalue weighted by molar-refractivity contribution is 1.27. The maximum Gasteiger partial charge on any atom is -0.0156 e. The van der Waals surface area contributed by atoms with E-state index in [2.05, 4.69) is 40.0 Å². The lowest BCUT2D eigenvalue weighted by Gasteiger charge is -2.11. The lowest BCUT2D eigenvalue weighted by atomic mass is 9.93. The van der Waals surface area contributed by atoms with Gasteiger partial charge >= 0.3 is 0 Å². The number of hydrogen-bond donors (Lipinski definition) is 0. The monoisotopic (exact) mass is 172 g/mol. The average Bonchev–Trinajstić information content (AvgIpc) is 2.10. The quantitative estimate of drug-likeness (QED) is 0.634. The molecule has 1 aromatic carbocycles. The summed E-state index contributed by atoms with van der Waals surface area (Å²) in [5, 5.41) is 0. The van der Waals surface area contributed by atoms with Crippen molar-refractivity contribution in [3.8, 4) is 0 Å². The first-order valence-electron chi connectivity index (χ1n) is 4.47. The van der Waals surface area contributed by atoms with Crippen LogP contribution < -0.4 is 0 Å². The highest BCUT2D eigenvalue weighted by Gasteiger charge is 2.05. The molecule has 0 amide bonds. The Morgan fingerprint density at radius 3 is 1.92 bits per heavy atom. The van der Waals surface area contributed by atoms with Gasteiger partial charge in [0.05, 0.1) is 0 Å². The van der Waals surface area contributed by atoms with Crippen LogP contribution in [0, 0.1) is 20.8 Å². The maximum atomic E-state index is 3.83. The molecule has 0 unspecified atom stereocenters. The van der Waals surface area contributed by atoms with Gasteiger partial charge < -0.3 is 0 Å². The summed E-state index contributed by atoms with van der Waals surface area (Å²) in [6, 6.07) is 2.19.